The van der Waals surface area contributed by atoms with Gasteiger partial charge in [0.2, 0.25) is 5.91 Å². The minimum atomic E-state index is -0.713. The van der Waals surface area contributed by atoms with Crippen LogP contribution >= 0.6 is 0 Å². The molecule has 8 nitrogen and oxygen atoms in total. The minimum absolute atomic E-state index is 0.119. The lowest BCUT2D eigenvalue weighted by atomic mass is 10.1. The number of hydrogen-bond acceptors (Lipinski definition) is 4. The van der Waals surface area contributed by atoms with Gasteiger partial charge < -0.3 is 15.2 Å². The molecule has 1 saturated heterocycles. The number of anilines is 1. The summed E-state index contributed by atoms with van der Waals surface area (Å²) in [7, 11) is 1.91. The third-order valence-electron chi connectivity index (χ3n) is 5.28. The normalized spacial score (nSPS) is 17.3. The maximum atomic E-state index is 12.6. The standard InChI is InChI=1S/C22H23N5O3/c1-14(20-24-16-10-6-7-11-18(16)26(20)2)23-19(28)13-12-17-21(29)27(22(30)25-17)15-8-4-3-5-9-15/h3-11,14,17H,12-13H2,1-2H3,(H,23,28)(H,25,30)/t14-,17+/m0/s1. The molecule has 2 aromatic carbocycles. The summed E-state index contributed by atoms with van der Waals surface area (Å²) < 4.78 is 1.96. The first-order valence-electron chi connectivity index (χ1n) is 9.86. The van der Waals surface area contributed by atoms with Gasteiger partial charge >= 0.3 is 6.03 Å². The van der Waals surface area contributed by atoms with E-state index in [-0.39, 0.29) is 30.7 Å². The molecule has 3 aromatic rings. The molecule has 0 spiro atoms. The maximum Gasteiger partial charge on any atom is 0.329 e. The molecule has 4 amide bonds. The van der Waals surface area contributed by atoms with Gasteiger partial charge in [0.25, 0.3) is 5.91 Å². The van der Waals surface area contributed by atoms with E-state index in [1.54, 1.807) is 24.3 Å². The van der Waals surface area contributed by atoms with Gasteiger partial charge in [0.05, 0.1) is 22.8 Å². The number of imidazole rings is 1. The van der Waals surface area contributed by atoms with Crippen LogP contribution in [0.2, 0.25) is 0 Å². The zero-order valence-corrected chi connectivity index (χ0v) is 16.8. The number of hydrogen-bond donors (Lipinski definition) is 2. The van der Waals surface area contributed by atoms with Gasteiger partial charge in [-0.2, -0.15) is 0 Å². The van der Waals surface area contributed by atoms with Gasteiger partial charge in [-0.15, -0.1) is 0 Å². The number of benzene rings is 2. The second-order valence-corrected chi connectivity index (χ2v) is 7.36. The molecule has 30 heavy (non-hydrogen) atoms. The van der Waals surface area contributed by atoms with Crippen molar-refractivity contribution >= 4 is 34.6 Å². The summed E-state index contributed by atoms with van der Waals surface area (Å²) >= 11 is 0. The van der Waals surface area contributed by atoms with Crippen molar-refractivity contribution in [2.75, 3.05) is 4.90 Å². The van der Waals surface area contributed by atoms with Crippen molar-refractivity contribution in [1.29, 1.82) is 0 Å². The Morgan fingerprint density at radius 3 is 2.57 bits per heavy atom. The number of urea groups is 1. The van der Waals surface area contributed by atoms with Crippen molar-refractivity contribution in [1.82, 2.24) is 20.2 Å². The number of rotatable bonds is 6. The molecular weight excluding hydrogens is 382 g/mol. The van der Waals surface area contributed by atoms with Crippen molar-refractivity contribution in [3.8, 4) is 0 Å². The Hall–Kier alpha value is -3.68. The summed E-state index contributed by atoms with van der Waals surface area (Å²) in [6.07, 6.45) is 0.350. The second kappa shape index (κ2) is 7.98. The number of carbonyl (C=O) groups is 3. The molecule has 2 N–H and O–H groups in total. The first-order chi connectivity index (χ1) is 14.5. The Bertz CT molecular complexity index is 1110. The van der Waals surface area contributed by atoms with Crippen molar-refractivity contribution < 1.29 is 14.4 Å². The molecule has 0 aliphatic carbocycles. The number of aryl methyl sites for hydroxylation is 1. The average molecular weight is 405 g/mol. The monoisotopic (exact) mass is 405 g/mol. The number of fused-ring (bicyclic) bond motifs is 1. The molecule has 1 aromatic heterocycles. The van der Waals surface area contributed by atoms with Crippen LogP contribution in [0.4, 0.5) is 10.5 Å². The topological polar surface area (TPSA) is 96.3 Å². The van der Waals surface area contributed by atoms with Crippen molar-refractivity contribution in [2.45, 2.75) is 31.8 Å². The summed E-state index contributed by atoms with van der Waals surface area (Å²) in [5, 5.41) is 5.59. The lowest BCUT2D eigenvalue weighted by Gasteiger charge is -2.15. The predicted molar refractivity (Wildman–Crippen MR) is 113 cm³/mol. The van der Waals surface area contributed by atoms with E-state index in [4.69, 9.17) is 0 Å². The third kappa shape index (κ3) is 3.63. The van der Waals surface area contributed by atoms with Gasteiger partial charge in [0.15, 0.2) is 0 Å². The summed E-state index contributed by atoms with van der Waals surface area (Å²) in [5.41, 5.74) is 2.38. The Morgan fingerprint density at radius 1 is 1.13 bits per heavy atom. The molecule has 2 atom stereocenters. The SMILES string of the molecule is C[C@H](NC(=O)CC[C@H]1NC(=O)N(c2ccccc2)C1=O)c1nc2ccccc2n1C. The summed E-state index contributed by atoms with van der Waals surface area (Å²) in [6, 6.07) is 15.1. The van der Waals surface area contributed by atoms with Crippen LogP contribution < -0.4 is 15.5 Å². The molecule has 0 radical (unpaired) electrons. The van der Waals surface area contributed by atoms with E-state index in [9.17, 15) is 14.4 Å². The minimum Gasteiger partial charge on any atom is -0.346 e. The van der Waals surface area contributed by atoms with Crippen LogP contribution in [0, 0.1) is 0 Å². The van der Waals surface area contributed by atoms with Crippen molar-refractivity contribution in [3.63, 3.8) is 0 Å². The quantitative estimate of drug-likeness (QED) is 0.616. The van der Waals surface area contributed by atoms with Crippen LogP contribution in [-0.4, -0.2) is 33.4 Å². The van der Waals surface area contributed by atoms with Gasteiger partial charge in [-0.1, -0.05) is 30.3 Å². The fourth-order valence-corrected chi connectivity index (χ4v) is 3.75. The van der Waals surface area contributed by atoms with E-state index >= 15 is 0 Å². The molecule has 1 fully saturated rings. The van der Waals surface area contributed by atoms with E-state index in [1.807, 2.05) is 48.9 Å². The molecule has 1 aliphatic rings. The van der Waals surface area contributed by atoms with Gasteiger partial charge in [-0.05, 0) is 37.6 Å². The van der Waals surface area contributed by atoms with E-state index < -0.39 is 12.1 Å². The highest BCUT2D eigenvalue weighted by Gasteiger charge is 2.38. The second-order valence-electron chi connectivity index (χ2n) is 7.36. The molecule has 2 heterocycles. The van der Waals surface area contributed by atoms with E-state index in [1.165, 1.54) is 0 Å². The maximum absolute atomic E-state index is 12.6. The highest BCUT2D eigenvalue weighted by atomic mass is 16.2. The van der Waals surface area contributed by atoms with E-state index in [0.717, 1.165) is 21.8 Å². The third-order valence-corrected chi connectivity index (χ3v) is 5.28. The predicted octanol–water partition coefficient (Wildman–Crippen LogP) is 2.66. The highest BCUT2D eigenvalue weighted by molar-refractivity contribution is 6.21. The number of imide groups is 1. The zero-order valence-electron chi connectivity index (χ0n) is 16.8. The van der Waals surface area contributed by atoms with Crippen LogP contribution in [-0.2, 0) is 16.6 Å². The summed E-state index contributed by atoms with van der Waals surface area (Å²) in [6.45, 7) is 1.87. The largest absolute Gasteiger partial charge is 0.346 e. The highest BCUT2D eigenvalue weighted by Crippen LogP contribution is 2.22. The molecule has 0 saturated carbocycles. The van der Waals surface area contributed by atoms with Gasteiger partial charge in [0.1, 0.15) is 11.9 Å². The number of nitrogens with zero attached hydrogens (tertiary/aromatic N) is 3. The Morgan fingerprint density at radius 2 is 1.83 bits per heavy atom. The molecular formula is C22H23N5O3. The van der Waals surface area contributed by atoms with Crippen LogP contribution in [0.1, 0.15) is 31.6 Å². The van der Waals surface area contributed by atoms with Gasteiger partial charge in [0, 0.05) is 13.5 Å². The number of carbonyl (C=O) groups excluding carboxylic acids is 3. The van der Waals surface area contributed by atoms with Gasteiger partial charge in [-0.25, -0.2) is 14.7 Å². The smallest absolute Gasteiger partial charge is 0.329 e. The lowest BCUT2D eigenvalue weighted by Crippen LogP contribution is -2.33. The van der Waals surface area contributed by atoms with Gasteiger partial charge in [-0.3, -0.25) is 9.59 Å². The zero-order chi connectivity index (χ0) is 21.3. The fraction of sp³-hybridized carbons (Fsp3) is 0.273. The number of amides is 4. The number of nitrogens with one attached hydrogen (secondary N) is 2. The van der Waals surface area contributed by atoms with Crippen LogP contribution in [0.15, 0.2) is 54.6 Å². The van der Waals surface area contributed by atoms with Crippen LogP contribution in [0.5, 0.6) is 0 Å². The molecule has 1 aliphatic heterocycles. The first-order valence-corrected chi connectivity index (χ1v) is 9.86. The number of aromatic nitrogens is 2. The number of para-hydroxylation sites is 3. The summed E-state index contributed by atoms with van der Waals surface area (Å²) in [4.78, 5) is 43.0. The summed E-state index contributed by atoms with van der Waals surface area (Å²) in [5.74, 6) is 0.210. The van der Waals surface area contributed by atoms with Crippen LogP contribution in [0.25, 0.3) is 11.0 Å². The van der Waals surface area contributed by atoms with Crippen molar-refractivity contribution in [3.05, 3.63) is 60.4 Å². The van der Waals surface area contributed by atoms with E-state index in [0.29, 0.717) is 5.69 Å². The molecule has 8 heteroatoms. The Labute approximate surface area is 173 Å². The lowest BCUT2D eigenvalue weighted by molar-refractivity contribution is -0.122. The Kier molecular flexibility index (Phi) is 5.22. The van der Waals surface area contributed by atoms with Crippen molar-refractivity contribution in [2.24, 2.45) is 7.05 Å². The first kappa shape index (κ1) is 19.6. The fourth-order valence-electron chi connectivity index (χ4n) is 3.75. The molecule has 0 bridgehead atoms. The molecule has 4 rings (SSSR count). The molecule has 0 unspecified atom stereocenters. The Balaban J connectivity index is 1.36. The van der Waals surface area contributed by atoms with Crippen LogP contribution in [0.3, 0.4) is 0 Å². The van der Waals surface area contributed by atoms with E-state index in [2.05, 4.69) is 15.6 Å². The molecule has 154 valence electrons. The average Bonchev–Trinajstić information content (AvgIpc) is 3.23.